The molecule has 1 aromatic carbocycles. The van der Waals surface area contributed by atoms with E-state index in [1.807, 2.05) is 0 Å². The number of rotatable bonds is 5. The minimum absolute atomic E-state index is 0.0962. The quantitative estimate of drug-likeness (QED) is 0.544. The number of thioether (sulfide) groups is 2. The maximum absolute atomic E-state index is 12.9. The molecule has 3 N–H and O–H groups in total. The molecule has 164 valence electrons. The van der Waals surface area contributed by atoms with E-state index >= 15 is 0 Å². The summed E-state index contributed by atoms with van der Waals surface area (Å²) in [4.78, 5) is 59.1. The lowest BCUT2D eigenvalue weighted by molar-refractivity contribution is -0.139. The van der Waals surface area contributed by atoms with Gasteiger partial charge in [-0.25, -0.2) is 0 Å². The number of aromatic hydroxyl groups is 1. The molecule has 0 aromatic heterocycles. The van der Waals surface area contributed by atoms with E-state index in [-0.39, 0.29) is 34.0 Å². The first kappa shape index (κ1) is 22.8. The number of hydrogen-bond acceptors (Lipinski definition) is 8. The number of benzene rings is 1. The van der Waals surface area contributed by atoms with Crippen LogP contribution in [0.5, 0.6) is 11.5 Å². The average Bonchev–Trinajstić information content (AvgIpc) is 2.73. The van der Waals surface area contributed by atoms with Gasteiger partial charge in [-0.3, -0.25) is 19.2 Å². The van der Waals surface area contributed by atoms with Crippen LogP contribution in [0.1, 0.15) is 18.4 Å². The average molecular weight is 465 g/mol. The first-order valence-corrected chi connectivity index (χ1v) is 11.7. The van der Waals surface area contributed by atoms with Crippen molar-refractivity contribution < 1.29 is 29.0 Å². The summed E-state index contributed by atoms with van der Waals surface area (Å²) in [6.45, 7) is 1.97. The second-order valence-corrected chi connectivity index (χ2v) is 8.13. The lowest BCUT2D eigenvalue weighted by atomic mass is 9.74. The first-order chi connectivity index (χ1) is 14.8. The summed E-state index contributed by atoms with van der Waals surface area (Å²) in [5.74, 6) is -7.07. The fraction of sp³-hybridized carbons (Fsp3) is 0.368. The summed E-state index contributed by atoms with van der Waals surface area (Å²) in [6, 6.07) is 4.16. The number of carbonyl (C=O) groups excluding carboxylic acids is 4. The molecule has 2 aliphatic heterocycles. The number of hydrogen-bond donors (Lipinski definition) is 3. The highest BCUT2D eigenvalue weighted by molar-refractivity contribution is 8.13. The van der Waals surface area contributed by atoms with Gasteiger partial charge in [0.15, 0.2) is 21.8 Å². The van der Waals surface area contributed by atoms with Gasteiger partial charge in [0.2, 0.25) is 11.8 Å². The van der Waals surface area contributed by atoms with Gasteiger partial charge in [-0.05, 0) is 37.1 Å². The molecule has 0 saturated carbocycles. The molecule has 0 radical (unpaired) electrons. The number of amides is 4. The smallest absolute Gasteiger partial charge is 0.261 e. The summed E-state index contributed by atoms with van der Waals surface area (Å²) in [5.41, 5.74) is 0.286. The van der Waals surface area contributed by atoms with E-state index in [1.165, 1.54) is 18.2 Å². The first-order valence-electron chi connectivity index (χ1n) is 9.21. The van der Waals surface area contributed by atoms with Crippen molar-refractivity contribution in [1.29, 1.82) is 0 Å². The van der Waals surface area contributed by atoms with Crippen LogP contribution in [0.2, 0.25) is 0 Å². The van der Waals surface area contributed by atoms with Gasteiger partial charge in [0, 0.05) is 5.92 Å². The molecule has 2 aliphatic rings. The van der Waals surface area contributed by atoms with E-state index in [2.05, 4.69) is 20.6 Å². The zero-order chi connectivity index (χ0) is 22.7. The SMILES string of the molecule is CCOc1cc(C(C2C(=O)N=C(SC)NC2=O)C2C(=O)N=C(SC)NC2=O)ccc1O. The summed E-state index contributed by atoms with van der Waals surface area (Å²) in [7, 11) is 0. The van der Waals surface area contributed by atoms with E-state index in [0.717, 1.165) is 23.5 Å². The van der Waals surface area contributed by atoms with Crippen molar-refractivity contribution in [1.82, 2.24) is 10.6 Å². The Morgan fingerprint density at radius 2 is 1.52 bits per heavy atom. The Bertz CT molecular complexity index is 957. The number of carbonyl (C=O) groups is 4. The van der Waals surface area contributed by atoms with Crippen LogP contribution in [-0.2, 0) is 19.2 Å². The molecule has 12 heteroatoms. The molecule has 3 rings (SSSR count). The Morgan fingerprint density at radius 3 is 1.94 bits per heavy atom. The third kappa shape index (κ3) is 4.59. The summed E-state index contributed by atoms with van der Waals surface area (Å²) < 4.78 is 5.40. The highest BCUT2D eigenvalue weighted by atomic mass is 32.2. The number of amidine groups is 2. The summed E-state index contributed by atoms with van der Waals surface area (Å²) in [6.07, 6.45) is 3.30. The van der Waals surface area contributed by atoms with Crippen LogP contribution in [0, 0.1) is 11.8 Å². The number of nitrogens with one attached hydrogen (secondary N) is 2. The second-order valence-electron chi connectivity index (χ2n) is 6.54. The molecule has 0 saturated heterocycles. The molecule has 1 aromatic rings. The van der Waals surface area contributed by atoms with Crippen LogP contribution in [0.3, 0.4) is 0 Å². The number of nitrogens with zero attached hydrogens (tertiary/aromatic N) is 2. The number of ether oxygens (including phenoxy) is 1. The molecular weight excluding hydrogens is 444 g/mol. The molecule has 0 bridgehead atoms. The highest BCUT2D eigenvalue weighted by Gasteiger charge is 2.49. The monoisotopic (exact) mass is 464 g/mol. The van der Waals surface area contributed by atoms with E-state index in [0.29, 0.717) is 0 Å². The van der Waals surface area contributed by atoms with Gasteiger partial charge < -0.3 is 20.5 Å². The van der Waals surface area contributed by atoms with Gasteiger partial charge >= 0.3 is 0 Å². The van der Waals surface area contributed by atoms with Crippen LogP contribution in [0.25, 0.3) is 0 Å². The van der Waals surface area contributed by atoms with Gasteiger partial charge in [0.1, 0.15) is 11.8 Å². The van der Waals surface area contributed by atoms with Gasteiger partial charge in [0.25, 0.3) is 11.8 Å². The lowest BCUT2D eigenvalue weighted by Crippen LogP contribution is -2.52. The maximum atomic E-state index is 12.9. The van der Waals surface area contributed by atoms with Crippen molar-refractivity contribution in [2.24, 2.45) is 21.8 Å². The van der Waals surface area contributed by atoms with Crippen molar-refractivity contribution >= 4 is 57.5 Å². The van der Waals surface area contributed by atoms with E-state index < -0.39 is 41.4 Å². The van der Waals surface area contributed by atoms with Crippen molar-refractivity contribution in [3.8, 4) is 11.5 Å². The van der Waals surface area contributed by atoms with Crippen LogP contribution in [-0.4, -0.2) is 58.2 Å². The molecule has 0 aliphatic carbocycles. The van der Waals surface area contributed by atoms with Crippen LogP contribution < -0.4 is 15.4 Å². The lowest BCUT2D eigenvalue weighted by Gasteiger charge is -2.32. The van der Waals surface area contributed by atoms with E-state index in [4.69, 9.17) is 4.74 Å². The molecule has 10 nitrogen and oxygen atoms in total. The van der Waals surface area contributed by atoms with E-state index in [1.54, 1.807) is 19.4 Å². The molecule has 2 heterocycles. The second kappa shape index (κ2) is 9.52. The Labute approximate surface area is 186 Å². The topological polar surface area (TPSA) is 147 Å². The minimum atomic E-state index is -1.44. The Morgan fingerprint density at radius 1 is 1.00 bits per heavy atom. The standard InChI is InChI=1S/C19H20N4O6S2/c1-4-29-10-7-8(5-6-9(10)24)11(12-14(25)20-18(30-2)21-15(12)26)13-16(27)22-19(31-3)23-17(13)28/h5-7,11-13,24H,4H2,1-3H3,(H,20,21,25,26)(H,22,23,27,28). The summed E-state index contributed by atoms with van der Waals surface area (Å²) >= 11 is 2.17. The van der Waals surface area contributed by atoms with Crippen molar-refractivity contribution in [2.75, 3.05) is 19.1 Å². The van der Waals surface area contributed by atoms with Gasteiger partial charge in [0.05, 0.1) is 6.61 Å². The third-order valence-corrected chi connectivity index (χ3v) is 5.91. The van der Waals surface area contributed by atoms with Crippen molar-refractivity contribution in [2.45, 2.75) is 12.8 Å². The summed E-state index contributed by atoms with van der Waals surface area (Å²) in [5, 5.41) is 15.4. The molecule has 0 spiro atoms. The van der Waals surface area contributed by atoms with Gasteiger partial charge in [-0.2, -0.15) is 9.98 Å². The predicted octanol–water partition coefficient (Wildman–Crippen LogP) is 0.858. The Kier molecular flexibility index (Phi) is 7.01. The van der Waals surface area contributed by atoms with Crippen LogP contribution >= 0.6 is 23.5 Å². The zero-order valence-corrected chi connectivity index (χ0v) is 18.5. The van der Waals surface area contributed by atoms with Crippen molar-refractivity contribution in [3.63, 3.8) is 0 Å². The number of aliphatic imine (C=N–C) groups is 2. The van der Waals surface area contributed by atoms with Crippen molar-refractivity contribution in [3.05, 3.63) is 23.8 Å². The Balaban J connectivity index is 2.15. The highest BCUT2D eigenvalue weighted by Crippen LogP contribution is 2.40. The maximum Gasteiger partial charge on any atom is 0.261 e. The number of phenols is 1. The zero-order valence-electron chi connectivity index (χ0n) is 16.9. The van der Waals surface area contributed by atoms with Gasteiger partial charge in [-0.1, -0.05) is 29.6 Å². The molecule has 2 unspecified atom stereocenters. The molecular formula is C19H20N4O6S2. The largest absolute Gasteiger partial charge is 0.504 e. The minimum Gasteiger partial charge on any atom is -0.504 e. The third-order valence-electron chi connectivity index (χ3n) is 4.75. The molecule has 4 amide bonds. The van der Waals surface area contributed by atoms with E-state index in [9.17, 15) is 24.3 Å². The van der Waals surface area contributed by atoms with Gasteiger partial charge in [-0.15, -0.1) is 0 Å². The normalized spacial score (nSPS) is 22.3. The molecule has 0 fully saturated rings. The molecule has 31 heavy (non-hydrogen) atoms. The molecule has 2 atom stereocenters. The Hall–Kier alpha value is -2.86. The fourth-order valence-electron chi connectivity index (χ4n) is 3.40. The number of phenolic OH excluding ortho intramolecular Hbond substituents is 1. The van der Waals surface area contributed by atoms with Crippen LogP contribution in [0.15, 0.2) is 28.2 Å². The van der Waals surface area contributed by atoms with Crippen LogP contribution in [0.4, 0.5) is 0 Å². The predicted molar refractivity (Wildman–Crippen MR) is 117 cm³/mol. The fourth-order valence-corrected chi connectivity index (χ4v) is 4.17.